The number of benzene rings is 1. The molecule has 21 heavy (non-hydrogen) atoms. The second-order valence-corrected chi connectivity index (χ2v) is 5.21. The summed E-state index contributed by atoms with van der Waals surface area (Å²) in [6.07, 6.45) is 1.44. The van der Waals surface area contributed by atoms with Crippen molar-refractivity contribution < 1.29 is 19.1 Å². The molecule has 3 rings (SSSR count). The number of nitrogens with zero attached hydrogens (tertiary/aromatic N) is 2. The van der Waals surface area contributed by atoms with Crippen LogP contribution in [0.1, 0.15) is 12.8 Å². The van der Waals surface area contributed by atoms with Crippen molar-refractivity contribution in [1.29, 1.82) is 0 Å². The molecule has 0 saturated carbocycles. The zero-order valence-corrected chi connectivity index (χ0v) is 11.9. The highest BCUT2D eigenvalue weighted by atomic mass is 16.7. The van der Waals surface area contributed by atoms with E-state index in [-0.39, 0.29) is 10.6 Å². The van der Waals surface area contributed by atoms with Gasteiger partial charge in [-0.2, -0.15) is 0 Å². The lowest BCUT2D eigenvalue weighted by molar-refractivity contribution is -0.384. The lowest BCUT2D eigenvalue weighted by Crippen LogP contribution is -2.45. The fourth-order valence-corrected chi connectivity index (χ4v) is 2.92. The maximum atomic E-state index is 11.3. The van der Waals surface area contributed by atoms with E-state index in [0.29, 0.717) is 37.7 Å². The lowest BCUT2D eigenvalue weighted by atomic mass is 10.0. The highest BCUT2D eigenvalue weighted by molar-refractivity contribution is 5.65. The van der Waals surface area contributed by atoms with Gasteiger partial charge < -0.3 is 19.1 Å². The number of methoxy groups -OCH3 is 1. The number of piperidine rings is 1. The second-order valence-electron chi connectivity index (χ2n) is 5.21. The minimum Gasteiger partial charge on any atom is -0.496 e. The number of anilines is 1. The average molecular weight is 294 g/mol. The third kappa shape index (κ3) is 2.66. The summed E-state index contributed by atoms with van der Waals surface area (Å²) in [6.45, 7) is 2.60. The zero-order chi connectivity index (χ0) is 14.9. The molecule has 2 fully saturated rings. The molecule has 114 valence electrons. The van der Waals surface area contributed by atoms with Crippen molar-refractivity contribution in [2.24, 2.45) is 0 Å². The molecule has 1 aromatic rings. The van der Waals surface area contributed by atoms with E-state index in [1.165, 1.54) is 13.2 Å². The van der Waals surface area contributed by atoms with Crippen LogP contribution in [0.25, 0.3) is 0 Å². The van der Waals surface area contributed by atoms with E-state index in [1.807, 2.05) is 4.90 Å². The summed E-state index contributed by atoms with van der Waals surface area (Å²) in [5.74, 6) is 0.0129. The van der Waals surface area contributed by atoms with Gasteiger partial charge in [0.05, 0.1) is 31.3 Å². The smallest absolute Gasteiger partial charge is 0.296 e. The molecule has 0 radical (unpaired) electrons. The highest BCUT2D eigenvalue weighted by Crippen LogP contribution is 2.37. The van der Waals surface area contributed by atoms with Crippen LogP contribution in [0.2, 0.25) is 0 Å². The Bertz CT molecular complexity index is 532. The molecule has 0 aromatic heterocycles. The standard InChI is InChI=1S/C14H18N2O5/c1-19-11-2-3-12(13(10-11)16(17)18)15-6-4-14(5-7-15)20-8-9-21-14/h2-3,10H,4-9H2,1H3. The summed E-state index contributed by atoms with van der Waals surface area (Å²) in [6, 6.07) is 4.95. The third-order valence-electron chi connectivity index (χ3n) is 4.06. The number of hydrogen-bond donors (Lipinski definition) is 0. The fourth-order valence-electron chi connectivity index (χ4n) is 2.92. The van der Waals surface area contributed by atoms with E-state index in [9.17, 15) is 10.1 Å². The summed E-state index contributed by atoms with van der Waals surface area (Å²) in [4.78, 5) is 12.9. The fraction of sp³-hybridized carbons (Fsp3) is 0.571. The Labute approximate surface area is 122 Å². The van der Waals surface area contributed by atoms with Crippen LogP contribution in [0.5, 0.6) is 5.75 Å². The summed E-state index contributed by atoms with van der Waals surface area (Å²) >= 11 is 0. The molecular formula is C14H18N2O5. The molecule has 2 saturated heterocycles. The highest BCUT2D eigenvalue weighted by Gasteiger charge is 2.40. The van der Waals surface area contributed by atoms with Gasteiger partial charge >= 0.3 is 0 Å². The van der Waals surface area contributed by atoms with Gasteiger partial charge in [0.15, 0.2) is 5.79 Å². The van der Waals surface area contributed by atoms with E-state index in [1.54, 1.807) is 12.1 Å². The van der Waals surface area contributed by atoms with Gasteiger partial charge in [-0.25, -0.2) is 0 Å². The van der Waals surface area contributed by atoms with Crippen molar-refractivity contribution in [2.75, 3.05) is 38.3 Å². The van der Waals surface area contributed by atoms with Crippen LogP contribution in [0, 0.1) is 10.1 Å². The van der Waals surface area contributed by atoms with Crippen molar-refractivity contribution in [3.63, 3.8) is 0 Å². The molecule has 0 aliphatic carbocycles. The molecular weight excluding hydrogens is 276 g/mol. The van der Waals surface area contributed by atoms with Crippen molar-refractivity contribution in [2.45, 2.75) is 18.6 Å². The van der Waals surface area contributed by atoms with Crippen LogP contribution in [0.4, 0.5) is 11.4 Å². The van der Waals surface area contributed by atoms with Gasteiger partial charge in [-0.05, 0) is 12.1 Å². The quantitative estimate of drug-likeness (QED) is 0.626. The Morgan fingerprint density at radius 3 is 2.52 bits per heavy atom. The van der Waals surface area contributed by atoms with E-state index in [4.69, 9.17) is 14.2 Å². The summed E-state index contributed by atoms with van der Waals surface area (Å²) in [5.41, 5.74) is 0.687. The predicted molar refractivity (Wildman–Crippen MR) is 75.7 cm³/mol. The molecule has 1 spiro atoms. The molecule has 2 heterocycles. The minimum absolute atomic E-state index is 0.0681. The predicted octanol–water partition coefficient (Wildman–Crippen LogP) is 1.95. The summed E-state index contributed by atoms with van der Waals surface area (Å²) in [5, 5.41) is 11.3. The molecule has 7 heteroatoms. The summed E-state index contributed by atoms with van der Waals surface area (Å²) < 4.78 is 16.4. The lowest BCUT2D eigenvalue weighted by Gasteiger charge is -2.38. The molecule has 0 atom stereocenters. The van der Waals surface area contributed by atoms with Crippen LogP contribution in [0.3, 0.4) is 0 Å². The maximum absolute atomic E-state index is 11.3. The third-order valence-corrected chi connectivity index (χ3v) is 4.06. The van der Waals surface area contributed by atoms with Crippen LogP contribution < -0.4 is 9.64 Å². The minimum atomic E-state index is -0.474. The molecule has 1 aromatic carbocycles. The Hall–Kier alpha value is -1.86. The van der Waals surface area contributed by atoms with E-state index in [2.05, 4.69) is 0 Å². The number of nitro benzene ring substituents is 1. The molecule has 0 unspecified atom stereocenters. The van der Waals surface area contributed by atoms with Crippen LogP contribution in [0.15, 0.2) is 18.2 Å². The van der Waals surface area contributed by atoms with E-state index in [0.717, 1.165) is 12.8 Å². The number of nitro groups is 1. The number of hydrogen-bond acceptors (Lipinski definition) is 6. The first-order valence-corrected chi connectivity index (χ1v) is 6.99. The van der Waals surface area contributed by atoms with E-state index < -0.39 is 5.79 Å². The van der Waals surface area contributed by atoms with Crippen molar-refractivity contribution in [1.82, 2.24) is 0 Å². The van der Waals surface area contributed by atoms with Gasteiger partial charge in [0.1, 0.15) is 11.4 Å². The first-order chi connectivity index (χ1) is 10.1. The van der Waals surface area contributed by atoms with Crippen molar-refractivity contribution in [3.05, 3.63) is 28.3 Å². The summed E-state index contributed by atoms with van der Waals surface area (Å²) in [7, 11) is 1.50. The Morgan fingerprint density at radius 1 is 1.29 bits per heavy atom. The molecule has 0 bridgehead atoms. The van der Waals surface area contributed by atoms with Crippen LogP contribution in [-0.2, 0) is 9.47 Å². The van der Waals surface area contributed by atoms with Gasteiger partial charge in [0.25, 0.3) is 5.69 Å². The van der Waals surface area contributed by atoms with Crippen molar-refractivity contribution in [3.8, 4) is 5.75 Å². The topological polar surface area (TPSA) is 74.1 Å². The first-order valence-electron chi connectivity index (χ1n) is 6.99. The monoisotopic (exact) mass is 294 g/mol. The Morgan fingerprint density at radius 2 is 1.95 bits per heavy atom. The average Bonchev–Trinajstić information content (AvgIpc) is 2.96. The molecule has 2 aliphatic rings. The van der Waals surface area contributed by atoms with Gasteiger partial charge in [0.2, 0.25) is 0 Å². The van der Waals surface area contributed by atoms with Gasteiger partial charge in [0, 0.05) is 25.9 Å². The van der Waals surface area contributed by atoms with Gasteiger partial charge in [-0.1, -0.05) is 0 Å². The van der Waals surface area contributed by atoms with Crippen LogP contribution in [-0.4, -0.2) is 44.1 Å². The molecule has 0 amide bonds. The van der Waals surface area contributed by atoms with Gasteiger partial charge in [-0.3, -0.25) is 10.1 Å². The Balaban J connectivity index is 1.80. The Kier molecular flexibility index (Phi) is 3.69. The number of ether oxygens (including phenoxy) is 3. The van der Waals surface area contributed by atoms with Gasteiger partial charge in [-0.15, -0.1) is 0 Å². The van der Waals surface area contributed by atoms with E-state index >= 15 is 0 Å². The zero-order valence-electron chi connectivity index (χ0n) is 11.9. The second kappa shape index (κ2) is 5.50. The molecule has 0 N–H and O–H groups in total. The number of rotatable bonds is 3. The van der Waals surface area contributed by atoms with Crippen molar-refractivity contribution >= 4 is 11.4 Å². The van der Waals surface area contributed by atoms with Crippen LogP contribution >= 0.6 is 0 Å². The SMILES string of the molecule is COc1ccc(N2CCC3(CC2)OCCO3)c([N+](=O)[O-])c1. The largest absolute Gasteiger partial charge is 0.496 e. The normalized spacial score (nSPS) is 20.7. The molecule has 2 aliphatic heterocycles. The molecule has 7 nitrogen and oxygen atoms in total. The first kappa shape index (κ1) is 14.1. The maximum Gasteiger partial charge on any atom is 0.296 e.